The Kier molecular flexibility index (Phi) is 3.57. The number of aryl methyl sites for hydroxylation is 1. The number of hydrogen-bond donors (Lipinski definition) is 2. The van der Waals surface area contributed by atoms with Gasteiger partial charge in [0, 0.05) is 17.6 Å². The monoisotopic (exact) mass is 261 g/mol. The maximum absolute atomic E-state index is 7.44. The van der Waals surface area contributed by atoms with E-state index in [1.807, 2.05) is 30.3 Å². The number of hydrogen-bond acceptors (Lipinski definition) is 5. The van der Waals surface area contributed by atoms with Crippen molar-refractivity contribution in [2.24, 2.45) is 5.73 Å². The lowest BCUT2D eigenvalue weighted by molar-refractivity contribution is 0.867. The molecule has 2 aromatic heterocycles. The van der Waals surface area contributed by atoms with E-state index in [9.17, 15) is 0 Å². The van der Waals surface area contributed by atoms with Crippen LogP contribution in [0.3, 0.4) is 0 Å². The minimum Gasteiger partial charge on any atom is -0.382 e. The molecular weight excluding hydrogens is 246 g/mol. The number of nitrogens with zero attached hydrogens (tertiary/aromatic N) is 3. The molecule has 0 aromatic carbocycles. The molecule has 5 nitrogen and oxygen atoms in total. The summed E-state index contributed by atoms with van der Waals surface area (Å²) >= 11 is 1.70. The fourth-order valence-corrected chi connectivity index (χ4v) is 2.33. The van der Waals surface area contributed by atoms with Crippen molar-refractivity contribution in [3.8, 4) is 0 Å². The predicted octanol–water partition coefficient (Wildman–Crippen LogP) is 1.77. The van der Waals surface area contributed by atoms with Crippen LogP contribution < -0.4 is 10.6 Å². The molecule has 0 aliphatic heterocycles. The maximum atomic E-state index is 7.44. The summed E-state index contributed by atoms with van der Waals surface area (Å²) in [6, 6.07) is 5.81. The molecule has 2 heterocycles. The van der Waals surface area contributed by atoms with Crippen LogP contribution in [0.5, 0.6) is 0 Å². The van der Waals surface area contributed by atoms with Crippen molar-refractivity contribution < 1.29 is 0 Å². The number of thiophene rings is 1. The van der Waals surface area contributed by atoms with Crippen molar-refractivity contribution in [3.05, 3.63) is 39.8 Å². The molecule has 0 bridgehead atoms. The standard InChI is InChI=1S/C12H15N5S/c1-8-6-10(11(13)14)16-12(15-8)17(2)7-9-4-3-5-18-9/h3-6H,7H2,1-2H3,(H3,13,14). The lowest BCUT2D eigenvalue weighted by Gasteiger charge is -2.17. The first-order valence-electron chi connectivity index (χ1n) is 5.50. The van der Waals surface area contributed by atoms with Crippen LogP contribution >= 0.6 is 11.3 Å². The van der Waals surface area contributed by atoms with Gasteiger partial charge in [-0.15, -0.1) is 11.3 Å². The lowest BCUT2D eigenvalue weighted by Crippen LogP contribution is -2.22. The summed E-state index contributed by atoms with van der Waals surface area (Å²) in [5.74, 6) is 0.555. The van der Waals surface area contributed by atoms with Crippen LogP contribution in [-0.4, -0.2) is 22.9 Å². The van der Waals surface area contributed by atoms with Crippen molar-refractivity contribution in [2.45, 2.75) is 13.5 Å². The zero-order valence-corrected chi connectivity index (χ0v) is 11.2. The molecule has 0 spiro atoms. The Morgan fingerprint density at radius 2 is 2.28 bits per heavy atom. The van der Waals surface area contributed by atoms with Crippen molar-refractivity contribution in [2.75, 3.05) is 11.9 Å². The van der Waals surface area contributed by atoms with E-state index >= 15 is 0 Å². The van der Waals surface area contributed by atoms with Crippen LogP contribution in [0, 0.1) is 12.3 Å². The van der Waals surface area contributed by atoms with E-state index < -0.39 is 0 Å². The second-order valence-corrected chi connectivity index (χ2v) is 5.08. The summed E-state index contributed by atoms with van der Waals surface area (Å²) in [4.78, 5) is 11.8. The summed E-state index contributed by atoms with van der Waals surface area (Å²) in [6.45, 7) is 2.62. The van der Waals surface area contributed by atoms with Crippen LogP contribution in [0.4, 0.5) is 5.95 Å². The molecule has 3 N–H and O–H groups in total. The summed E-state index contributed by atoms with van der Waals surface area (Å²) in [5, 5.41) is 9.48. The van der Waals surface area contributed by atoms with Gasteiger partial charge in [-0.2, -0.15) is 0 Å². The minimum absolute atomic E-state index is 0.0359. The van der Waals surface area contributed by atoms with E-state index in [0.29, 0.717) is 11.6 Å². The first kappa shape index (κ1) is 12.5. The first-order chi connectivity index (χ1) is 8.56. The Balaban J connectivity index is 2.24. The third-order valence-electron chi connectivity index (χ3n) is 2.43. The van der Waals surface area contributed by atoms with Crippen LogP contribution in [0.1, 0.15) is 16.3 Å². The van der Waals surface area contributed by atoms with E-state index in [1.54, 1.807) is 17.4 Å². The fourth-order valence-electron chi connectivity index (χ4n) is 1.57. The van der Waals surface area contributed by atoms with Gasteiger partial charge in [0.05, 0.1) is 6.54 Å². The first-order valence-corrected chi connectivity index (χ1v) is 6.38. The predicted molar refractivity (Wildman–Crippen MR) is 74.2 cm³/mol. The second-order valence-electron chi connectivity index (χ2n) is 4.04. The molecule has 6 heteroatoms. The van der Waals surface area contributed by atoms with Gasteiger partial charge in [0.25, 0.3) is 0 Å². The highest BCUT2D eigenvalue weighted by molar-refractivity contribution is 7.09. The highest BCUT2D eigenvalue weighted by Crippen LogP contribution is 2.15. The van der Waals surface area contributed by atoms with E-state index in [4.69, 9.17) is 11.1 Å². The summed E-state index contributed by atoms with van der Waals surface area (Å²) in [5.41, 5.74) is 6.74. The number of rotatable bonds is 4. The van der Waals surface area contributed by atoms with Gasteiger partial charge in [-0.1, -0.05) is 6.07 Å². The average Bonchev–Trinajstić information content (AvgIpc) is 2.80. The highest BCUT2D eigenvalue weighted by atomic mass is 32.1. The van der Waals surface area contributed by atoms with Crippen LogP contribution in [0.25, 0.3) is 0 Å². The molecule has 94 valence electrons. The molecule has 0 saturated carbocycles. The maximum Gasteiger partial charge on any atom is 0.226 e. The lowest BCUT2D eigenvalue weighted by atomic mass is 10.3. The summed E-state index contributed by atoms with van der Waals surface area (Å²) in [7, 11) is 1.93. The van der Waals surface area contributed by atoms with E-state index in [0.717, 1.165) is 12.2 Å². The zero-order valence-electron chi connectivity index (χ0n) is 10.3. The highest BCUT2D eigenvalue weighted by Gasteiger charge is 2.09. The van der Waals surface area contributed by atoms with Gasteiger partial charge in [-0.3, -0.25) is 5.41 Å². The van der Waals surface area contributed by atoms with Crippen LogP contribution in [0.2, 0.25) is 0 Å². The SMILES string of the molecule is Cc1cc(C(=N)N)nc(N(C)Cc2cccs2)n1. The number of aromatic nitrogens is 2. The van der Waals surface area contributed by atoms with Gasteiger partial charge in [0.15, 0.2) is 0 Å². The molecule has 0 unspecified atom stereocenters. The number of amidine groups is 1. The third-order valence-corrected chi connectivity index (χ3v) is 3.29. The topological polar surface area (TPSA) is 78.9 Å². The average molecular weight is 261 g/mol. The molecule has 0 radical (unpaired) electrons. The fraction of sp³-hybridized carbons (Fsp3) is 0.250. The Morgan fingerprint density at radius 3 is 2.89 bits per heavy atom. The van der Waals surface area contributed by atoms with E-state index in [1.165, 1.54) is 4.88 Å². The minimum atomic E-state index is -0.0359. The summed E-state index contributed by atoms with van der Waals surface area (Å²) in [6.07, 6.45) is 0. The Bertz CT molecular complexity index is 550. The number of nitrogens with two attached hydrogens (primary N) is 1. The van der Waals surface area contributed by atoms with Crippen molar-refractivity contribution in [1.82, 2.24) is 9.97 Å². The molecule has 2 aromatic rings. The molecule has 0 aliphatic carbocycles. The van der Waals surface area contributed by atoms with Gasteiger partial charge in [-0.05, 0) is 24.4 Å². The quantitative estimate of drug-likeness (QED) is 0.649. The molecule has 0 atom stereocenters. The van der Waals surface area contributed by atoms with E-state index in [2.05, 4.69) is 16.0 Å². The number of nitrogens with one attached hydrogen (secondary N) is 1. The van der Waals surface area contributed by atoms with Crippen LogP contribution in [-0.2, 0) is 6.54 Å². The summed E-state index contributed by atoms with van der Waals surface area (Å²) < 4.78 is 0. The van der Waals surface area contributed by atoms with Gasteiger partial charge < -0.3 is 10.6 Å². The van der Waals surface area contributed by atoms with E-state index in [-0.39, 0.29) is 5.84 Å². The smallest absolute Gasteiger partial charge is 0.226 e. The van der Waals surface area contributed by atoms with Gasteiger partial charge in [-0.25, -0.2) is 9.97 Å². The molecule has 2 rings (SSSR count). The normalized spacial score (nSPS) is 10.3. The third kappa shape index (κ3) is 2.84. The van der Waals surface area contributed by atoms with Crippen molar-refractivity contribution >= 4 is 23.1 Å². The zero-order chi connectivity index (χ0) is 13.1. The van der Waals surface area contributed by atoms with Crippen LogP contribution in [0.15, 0.2) is 23.6 Å². The largest absolute Gasteiger partial charge is 0.382 e. The molecular formula is C12H15N5S. The molecule has 0 aliphatic rings. The second kappa shape index (κ2) is 5.14. The molecule has 0 fully saturated rings. The molecule has 0 amide bonds. The Labute approximate surface area is 110 Å². The number of nitrogen functional groups attached to an aromatic ring is 1. The number of anilines is 1. The Morgan fingerprint density at radius 1 is 1.50 bits per heavy atom. The van der Waals surface area contributed by atoms with Gasteiger partial charge in [0.1, 0.15) is 11.5 Å². The van der Waals surface area contributed by atoms with Gasteiger partial charge in [0.2, 0.25) is 5.95 Å². The Hall–Kier alpha value is -1.95. The molecule has 0 saturated heterocycles. The van der Waals surface area contributed by atoms with Crippen molar-refractivity contribution in [3.63, 3.8) is 0 Å². The van der Waals surface area contributed by atoms with Crippen molar-refractivity contribution in [1.29, 1.82) is 5.41 Å². The van der Waals surface area contributed by atoms with Gasteiger partial charge >= 0.3 is 0 Å². The molecule has 18 heavy (non-hydrogen) atoms.